The number of benzene rings is 1. The zero-order valence-corrected chi connectivity index (χ0v) is 16.7. The molecule has 1 amide bonds. The molecule has 1 aliphatic heterocycles. The van der Waals surface area contributed by atoms with E-state index in [-0.39, 0.29) is 11.3 Å². The summed E-state index contributed by atoms with van der Waals surface area (Å²) in [5.41, 5.74) is 2.51. The van der Waals surface area contributed by atoms with Gasteiger partial charge < -0.3 is 15.0 Å². The Kier molecular flexibility index (Phi) is 5.99. The van der Waals surface area contributed by atoms with Gasteiger partial charge in [0.1, 0.15) is 0 Å². The van der Waals surface area contributed by atoms with E-state index in [1.54, 1.807) is 11.3 Å². The van der Waals surface area contributed by atoms with Crippen LogP contribution in [0.1, 0.15) is 36.9 Å². The predicted molar refractivity (Wildman–Crippen MR) is 109 cm³/mol. The Balaban J connectivity index is 1.82. The van der Waals surface area contributed by atoms with Crippen molar-refractivity contribution in [2.24, 2.45) is 5.41 Å². The van der Waals surface area contributed by atoms with E-state index in [1.807, 2.05) is 24.3 Å². The Morgan fingerprint density at radius 1 is 1.19 bits per heavy atom. The highest BCUT2D eigenvalue weighted by atomic mass is 32.1. The third-order valence-corrected chi connectivity index (χ3v) is 5.67. The molecule has 0 aliphatic carbocycles. The molecule has 0 radical (unpaired) electrons. The summed E-state index contributed by atoms with van der Waals surface area (Å²) in [4.78, 5) is 15.8. The Hall–Kier alpha value is -1.85. The highest BCUT2D eigenvalue weighted by Crippen LogP contribution is 2.39. The van der Waals surface area contributed by atoms with E-state index >= 15 is 0 Å². The van der Waals surface area contributed by atoms with E-state index in [9.17, 15) is 4.79 Å². The molecule has 1 N–H and O–H groups in total. The minimum atomic E-state index is 0.0240. The summed E-state index contributed by atoms with van der Waals surface area (Å²) in [5, 5.41) is 4.25. The molecule has 1 saturated heterocycles. The maximum atomic E-state index is 12.7. The van der Waals surface area contributed by atoms with Gasteiger partial charge in [0.2, 0.25) is 0 Å². The Labute approximate surface area is 160 Å². The van der Waals surface area contributed by atoms with E-state index in [4.69, 9.17) is 4.74 Å². The van der Waals surface area contributed by atoms with Gasteiger partial charge in [0.05, 0.1) is 23.1 Å². The van der Waals surface area contributed by atoms with Gasteiger partial charge in [-0.1, -0.05) is 51.1 Å². The number of nitrogens with one attached hydrogen (secondary N) is 1. The van der Waals surface area contributed by atoms with Crippen molar-refractivity contribution in [1.82, 2.24) is 5.32 Å². The van der Waals surface area contributed by atoms with Crippen LogP contribution < -0.4 is 10.2 Å². The minimum Gasteiger partial charge on any atom is -0.378 e. The summed E-state index contributed by atoms with van der Waals surface area (Å²) < 4.78 is 5.49. The fraction of sp³-hybridized carbons (Fsp3) is 0.476. The van der Waals surface area contributed by atoms with Crippen molar-refractivity contribution in [3.8, 4) is 11.1 Å². The highest BCUT2D eigenvalue weighted by Gasteiger charge is 2.22. The molecule has 0 atom stereocenters. The predicted octanol–water partition coefficient (Wildman–Crippen LogP) is 4.42. The largest absolute Gasteiger partial charge is 0.378 e. The van der Waals surface area contributed by atoms with Crippen LogP contribution in [0.4, 0.5) is 5.00 Å². The molecule has 0 bridgehead atoms. The van der Waals surface area contributed by atoms with E-state index in [0.717, 1.165) is 48.7 Å². The average molecular weight is 373 g/mol. The number of ether oxygens (including phenoxy) is 1. The zero-order chi connectivity index (χ0) is 18.6. The third-order valence-electron chi connectivity index (χ3n) is 4.48. The molecule has 3 rings (SSSR count). The summed E-state index contributed by atoms with van der Waals surface area (Å²) in [6, 6.07) is 12.3. The van der Waals surface area contributed by atoms with Gasteiger partial charge in [0, 0.05) is 25.2 Å². The van der Waals surface area contributed by atoms with Crippen LogP contribution in [-0.4, -0.2) is 38.8 Å². The first-order valence-electron chi connectivity index (χ1n) is 9.24. The summed E-state index contributed by atoms with van der Waals surface area (Å²) in [6.45, 7) is 10.5. The van der Waals surface area contributed by atoms with Crippen molar-refractivity contribution in [3.05, 3.63) is 41.3 Å². The van der Waals surface area contributed by atoms with Gasteiger partial charge in [0.15, 0.2) is 0 Å². The van der Waals surface area contributed by atoms with Gasteiger partial charge in [-0.15, -0.1) is 11.3 Å². The molecule has 1 fully saturated rings. The SMILES string of the molecule is CC(C)(C)CCNC(=O)c1cc(-c2ccccc2)c(N2CCOCC2)s1. The van der Waals surface area contributed by atoms with Gasteiger partial charge in [-0.05, 0) is 23.5 Å². The lowest BCUT2D eigenvalue weighted by Crippen LogP contribution is -2.35. The van der Waals surface area contributed by atoms with E-state index in [1.165, 1.54) is 5.00 Å². The quantitative estimate of drug-likeness (QED) is 0.845. The molecule has 0 saturated carbocycles. The summed E-state index contributed by atoms with van der Waals surface area (Å²) in [6.07, 6.45) is 0.964. The fourth-order valence-electron chi connectivity index (χ4n) is 2.96. The first-order chi connectivity index (χ1) is 12.4. The molecular formula is C21H28N2O2S. The second kappa shape index (κ2) is 8.23. The fourth-order valence-corrected chi connectivity index (χ4v) is 4.11. The second-order valence-electron chi connectivity index (χ2n) is 7.86. The van der Waals surface area contributed by atoms with Gasteiger partial charge in [-0.3, -0.25) is 4.79 Å². The number of morpholine rings is 1. The van der Waals surface area contributed by atoms with Crippen LogP contribution in [0.5, 0.6) is 0 Å². The molecule has 5 heteroatoms. The number of amides is 1. The van der Waals surface area contributed by atoms with Gasteiger partial charge >= 0.3 is 0 Å². The molecule has 0 unspecified atom stereocenters. The molecule has 0 spiro atoms. The number of carbonyl (C=O) groups excluding carboxylic acids is 1. The topological polar surface area (TPSA) is 41.6 Å². The van der Waals surface area contributed by atoms with Gasteiger partial charge in [0.25, 0.3) is 5.91 Å². The highest BCUT2D eigenvalue weighted by molar-refractivity contribution is 7.18. The molecule has 1 aliphatic rings. The number of carbonyl (C=O) groups is 1. The monoisotopic (exact) mass is 372 g/mol. The third kappa shape index (κ3) is 4.86. The van der Waals surface area contributed by atoms with Crippen molar-refractivity contribution >= 4 is 22.2 Å². The Morgan fingerprint density at radius 2 is 1.88 bits per heavy atom. The smallest absolute Gasteiger partial charge is 0.261 e. The maximum absolute atomic E-state index is 12.7. The lowest BCUT2D eigenvalue weighted by atomic mass is 9.92. The number of hydrogen-bond donors (Lipinski definition) is 1. The van der Waals surface area contributed by atoms with Crippen molar-refractivity contribution < 1.29 is 9.53 Å². The molecule has 26 heavy (non-hydrogen) atoms. The first kappa shape index (κ1) is 18.9. The number of hydrogen-bond acceptors (Lipinski definition) is 4. The molecule has 1 aromatic carbocycles. The molecule has 1 aromatic heterocycles. The van der Waals surface area contributed by atoms with Crippen LogP contribution in [0, 0.1) is 5.41 Å². The van der Waals surface area contributed by atoms with Crippen molar-refractivity contribution in [2.75, 3.05) is 37.7 Å². The number of anilines is 1. The van der Waals surface area contributed by atoms with Gasteiger partial charge in [-0.25, -0.2) is 0 Å². The normalized spacial score (nSPS) is 15.1. The van der Waals surface area contributed by atoms with Crippen LogP contribution in [0.15, 0.2) is 36.4 Å². The first-order valence-corrected chi connectivity index (χ1v) is 10.1. The van der Waals surface area contributed by atoms with Crippen LogP contribution >= 0.6 is 11.3 Å². The van der Waals surface area contributed by atoms with E-state index < -0.39 is 0 Å². The summed E-state index contributed by atoms with van der Waals surface area (Å²) >= 11 is 1.59. The molecule has 2 heterocycles. The molecule has 4 nitrogen and oxygen atoms in total. The van der Waals surface area contributed by atoms with Crippen LogP contribution in [-0.2, 0) is 4.74 Å². The van der Waals surface area contributed by atoms with Gasteiger partial charge in [-0.2, -0.15) is 0 Å². The van der Waals surface area contributed by atoms with E-state index in [2.05, 4.69) is 43.1 Å². The lowest BCUT2D eigenvalue weighted by molar-refractivity contribution is 0.0953. The lowest BCUT2D eigenvalue weighted by Gasteiger charge is -2.28. The zero-order valence-electron chi connectivity index (χ0n) is 15.9. The second-order valence-corrected chi connectivity index (χ2v) is 8.89. The van der Waals surface area contributed by atoms with Crippen molar-refractivity contribution in [2.45, 2.75) is 27.2 Å². The number of thiophene rings is 1. The summed E-state index contributed by atoms with van der Waals surface area (Å²) in [5.74, 6) is 0.0240. The van der Waals surface area contributed by atoms with Crippen LogP contribution in [0.25, 0.3) is 11.1 Å². The minimum absolute atomic E-state index is 0.0240. The standard InChI is InChI=1S/C21H28N2O2S/c1-21(2,3)9-10-22-19(24)18-15-17(16-7-5-4-6-8-16)20(26-18)23-11-13-25-14-12-23/h4-8,15H,9-14H2,1-3H3,(H,22,24). The van der Waals surface area contributed by atoms with E-state index in [0.29, 0.717) is 6.54 Å². The van der Waals surface area contributed by atoms with Crippen molar-refractivity contribution in [1.29, 1.82) is 0 Å². The Morgan fingerprint density at radius 3 is 2.54 bits per heavy atom. The summed E-state index contributed by atoms with van der Waals surface area (Å²) in [7, 11) is 0. The van der Waals surface area contributed by atoms with Crippen molar-refractivity contribution in [3.63, 3.8) is 0 Å². The van der Waals surface area contributed by atoms with Crippen LogP contribution in [0.3, 0.4) is 0 Å². The molecular weight excluding hydrogens is 344 g/mol. The Bertz CT molecular complexity index is 728. The average Bonchev–Trinajstić information content (AvgIpc) is 3.07. The number of rotatable bonds is 5. The molecule has 140 valence electrons. The maximum Gasteiger partial charge on any atom is 0.261 e. The number of nitrogens with zero attached hydrogens (tertiary/aromatic N) is 1. The van der Waals surface area contributed by atoms with Crippen LogP contribution in [0.2, 0.25) is 0 Å². The molecule has 2 aromatic rings.